The van der Waals surface area contributed by atoms with Gasteiger partial charge < -0.3 is 10.1 Å². The van der Waals surface area contributed by atoms with Crippen molar-refractivity contribution < 1.29 is 4.74 Å². The summed E-state index contributed by atoms with van der Waals surface area (Å²) in [6.07, 6.45) is 0. The number of pyridine rings is 1. The molecule has 0 unspecified atom stereocenters. The van der Waals surface area contributed by atoms with Crippen LogP contribution in [0.2, 0.25) is 0 Å². The van der Waals surface area contributed by atoms with Gasteiger partial charge in [-0.2, -0.15) is 0 Å². The smallest absolute Gasteiger partial charge is 0.219 e. The number of hydrogen-bond acceptors (Lipinski definition) is 3. The molecule has 0 saturated carbocycles. The highest BCUT2D eigenvalue weighted by Crippen LogP contribution is 2.24. The van der Waals surface area contributed by atoms with Gasteiger partial charge in [0.1, 0.15) is 5.75 Å². The van der Waals surface area contributed by atoms with Crippen molar-refractivity contribution in [3.63, 3.8) is 0 Å². The largest absolute Gasteiger partial charge is 0.439 e. The highest BCUT2D eigenvalue weighted by atomic mass is 16.5. The minimum Gasteiger partial charge on any atom is -0.439 e. The van der Waals surface area contributed by atoms with Crippen molar-refractivity contribution in [2.24, 2.45) is 0 Å². The van der Waals surface area contributed by atoms with Crippen LogP contribution in [0.25, 0.3) is 0 Å². The summed E-state index contributed by atoms with van der Waals surface area (Å²) in [5, 5.41) is 3.17. The monoisotopic (exact) mass is 270 g/mol. The lowest BCUT2D eigenvalue weighted by Gasteiger charge is -2.12. The molecule has 106 valence electrons. The highest BCUT2D eigenvalue weighted by Gasteiger charge is 2.07. The van der Waals surface area contributed by atoms with Gasteiger partial charge in [-0.15, -0.1) is 0 Å². The van der Waals surface area contributed by atoms with Crippen LogP contribution in [0.5, 0.6) is 11.6 Å². The van der Waals surface area contributed by atoms with Crippen molar-refractivity contribution in [3.8, 4) is 11.6 Å². The Labute approximate surface area is 121 Å². The molecule has 0 atom stereocenters. The van der Waals surface area contributed by atoms with Gasteiger partial charge in [0.25, 0.3) is 0 Å². The maximum atomic E-state index is 5.87. The van der Waals surface area contributed by atoms with E-state index >= 15 is 0 Å². The highest BCUT2D eigenvalue weighted by molar-refractivity contribution is 5.33. The predicted octanol–water partition coefficient (Wildman–Crippen LogP) is 4.03. The van der Waals surface area contributed by atoms with Gasteiger partial charge in [0.2, 0.25) is 5.88 Å². The lowest BCUT2D eigenvalue weighted by molar-refractivity contribution is 0.458. The van der Waals surface area contributed by atoms with Crippen molar-refractivity contribution in [1.29, 1.82) is 0 Å². The molecule has 1 N–H and O–H groups in total. The van der Waals surface area contributed by atoms with E-state index in [-0.39, 0.29) is 0 Å². The molecule has 0 radical (unpaired) electrons. The van der Waals surface area contributed by atoms with Crippen LogP contribution in [-0.4, -0.2) is 12.0 Å². The Morgan fingerprint density at radius 3 is 2.45 bits per heavy atom. The van der Waals surface area contributed by atoms with Gasteiger partial charge in [-0.3, -0.25) is 0 Å². The Bertz CT molecular complexity index is 562. The van der Waals surface area contributed by atoms with Crippen LogP contribution in [0.4, 0.5) is 0 Å². The Kier molecular flexibility index (Phi) is 4.74. The second-order valence-corrected chi connectivity index (χ2v) is 5.34. The standard InChI is InChI=1S/C17H22N2O/c1-12(2)16-9-14(11-18-4)10-17(19-16)20-15-7-5-13(3)6-8-15/h5-10,12,18H,11H2,1-4H3. The summed E-state index contributed by atoms with van der Waals surface area (Å²) in [6, 6.07) is 12.1. The first kappa shape index (κ1) is 14.5. The predicted molar refractivity (Wildman–Crippen MR) is 82.3 cm³/mol. The first-order valence-electron chi connectivity index (χ1n) is 6.98. The molecule has 0 fully saturated rings. The topological polar surface area (TPSA) is 34.1 Å². The van der Waals surface area contributed by atoms with Gasteiger partial charge >= 0.3 is 0 Å². The molecular weight excluding hydrogens is 248 g/mol. The van der Waals surface area contributed by atoms with Crippen molar-refractivity contribution in [2.75, 3.05) is 7.05 Å². The Morgan fingerprint density at radius 2 is 1.85 bits per heavy atom. The van der Waals surface area contributed by atoms with Gasteiger partial charge in [-0.25, -0.2) is 4.98 Å². The van der Waals surface area contributed by atoms with Crippen molar-refractivity contribution >= 4 is 0 Å². The summed E-state index contributed by atoms with van der Waals surface area (Å²) in [6.45, 7) is 7.15. The third kappa shape index (κ3) is 3.81. The van der Waals surface area contributed by atoms with E-state index in [0.29, 0.717) is 11.8 Å². The Hall–Kier alpha value is -1.87. The van der Waals surface area contributed by atoms with E-state index in [4.69, 9.17) is 4.74 Å². The second kappa shape index (κ2) is 6.53. The second-order valence-electron chi connectivity index (χ2n) is 5.34. The molecule has 2 aromatic rings. The minimum atomic E-state index is 0.382. The van der Waals surface area contributed by atoms with Crippen LogP contribution in [0, 0.1) is 6.92 Å². The number of benzene rings is 1. The molecule has 1 aromatic heterocycles. The van der Waals surface area contributed by atoms with E-state index < -0.39 is 0 Å². The molecule has 0 aliphatic heterocycles. The molecule has 3 nitrogen and oxygen atoms in total. The molecule has 0 spiro atoms. The van der Waals surface area contributed by atoms with Crippen molar-refractivity contribution in [2.45, 2.75) is 33.2 Å². The zero-order chi connectivity index (χ0) is 14.5. The average molecular weight is 270 g/mol. The maximum Gasteiger partial charge on any atom is 0.219 e. The van der Waals surface area contributed by atoms with Gasteiger partial charge in [0.15, 0.2) is 0 Å². The molecule has 0 aliphatic rings. The quantitative estimate of drug-likeness (QED) is 0.891. The maximum absolute atomic E-state index is 5.87. The van der Waals surface area contributed by atoms with E-state index in [9.17, 15) is 0 Å². The molecule has 1 heterocycles. The summed E-state index contributed by atoms with van der Waals surface area (Å²) >= 11 is 0. The fourth-order valence-corrected chi connectivity index (χ4v) is 1.96. The summed E-state index contributed by atoms with van der Waals surface area (Å²) in [5.74, 6) is 1.86. The Balaban J connectivity index is 2.27. The fraction of sp³-hybridized carbons (Fsp3) is 0.353. The van der Waals surface area contributed by atoms with Crippen LogP contribution < -0.4 is 10.1 Å². The minimum absolute atomic E-state index is 0.382. The lowest BCUT2D eigenvalue weighted by Crippen LogP contribution is -2.07. The summed E-state index contributed by atoms with van der Waals surface area (Å²) in [7, 11) is 1.94. The third-order valence-electron chi connectivity index (χ3n) is 3.10. The van der Waals surface area contributed by atoms with Crippen molar-refractivity contribution in [1.82, 2.24) is 10.3 Å². The van der Waals surface area contributed by atoms with E-state index in [1.165, 1.54) is 11.1 Å². The summed E-state index contributed by atoms with van der Waals surface area (Å²) < 4.78 is 5.87. The number of aryl methyl sites for hydroxylation is 1. The van der Waals surface area contributed by atoms with Crippen molar-refractivity contribution in [3.05, 3.63) is 53.2 Å². The molecule has 1 aromatic carbocycles. The van der Waals surface area contributed by atoms with Crippen LogP contribution in [0.15, 0.2) is 36.4 Å². The molecule has 0 amide bonds. The molecular formula is C17H22N2O. The number of ether oxygens (including phenoxy) is 1. The van der Waals surface area contributed by atoms with E-state index in [1.54, 1.807) is 0 Å². The molecule has 2 rings (SSSR count). The average Bonchev–Trinajstić information content (AvgIpc) is 2.41. The third-order valence-corrected chi connectivity index (χ3v) is 3.10. The number of nitrogens with zero attached hydrogens (tertiary/aromatic N) is 1. The number of aromatic nitrogens is 1. The summed E-state index contributed by atoms with van der Waals surface area (Å²) in [5.41, 5.74) is 3.46. The van der Waals surface area contributed by atoms with Gasteiger partial charge in [-0.1, -0.05) is 31.5 Å². The Morgan fingerprint density at radius 1 is 1.15 bits per heavy atom. The SMILES string of the molecule is CNCc1cc(Oc2ccc(C)cc2)nc(C(C)C)c1. The molecule has 0 bridgehead atoms. The van der Waals surface area contributed by atoms with Crippen LogP contribution in [0.3, 0.4) is 0 Å². The molecule has 3 heteroatoms. The van der Waals surface area contributed by atoms with Crippen LogP contribution in [-0.2, 0) is 6.54 Å². The first-order valence-corrected chi connectivity index (χ1v) is 6.98. The molecule has 20 heavy (non-hydrogen) atoms. The van der Waals surface area contributed by atoms with Gasteiger partial charge in [0, 0.05) is 18.3 Å². The van der Waals surface area contributed by atoms with E-state index in [1.807, 2.05) is 37.4 Å². The fourth-order valence-electron chi connectivity index (χ4n) is 1.96. The number of rotatable bonds is 5. The molecule has 0 aliphatic carbocycles. The zero-order valence-corrected chi connectivity index (χ0v) is 12.6. The van der Waals surface area contributed by atoms with Gasteiger partial charge in [0.05, 0.1) is 0 Å². The van der Waals surface area contributed by atoms with Crippen LogP contribution in [0.1, 0.15) is 36.6 Å². The first-order chi connectivity index (χ1) is 9.58. The van der Waals surface area contributed by atoms with E-state index in [0.717, 1.165) is 18.0 Å². The normalized spacial score (nSPS) is 10.8. The number of hydrogen-bond donors (Lipinski definition) is 1. The summed E-state index contributed by atoms with van der Waals surface area (Å²) in [4.78, 5) is 4.58. The van der Waals surface area contributed by atoms with Crippen LogP contribution >= 0.6 is 0 Å². The van der Waals surface area contributed by atoms with Gasteiger partial charge in [-0.05, 0) is 43.7 Å². The van der Waals surface area contributed by atoms with E-state index in [2.05, 4.69) is 37.1 Å². The number of nitrogens with one attached hydrogen (secondary N) is 1. The lowest BCUT2D eigenvalue weighted by atomic mass is 10.1. The zero-order valence-electron chi connectivity index (χ0n) is 12.6. The molecule has 0 saturated heterocycles.